The van der Waals surface area contributed by atoms with Crippen molar-refractivity contribution in [2.45, 2.75) is 43.9 Å². The Morgan fingerprint density at radius 2 is 1.74 bits per heavy atom. The molecule has 5 rings (SSSR count). The number of aliphatic hydroxyl groups excluding tert-OH is 2. The van der Waals surface area contributed by atoms with Gasteiger partial charge in [0.1, 0.15) is 22.8 Å². The van der Waals surface area contributed by atoms with Gasteiger partial charge in [0.05, 0.1) is 11.6 Å². The van der Waals surface area contributed by atoms with Crippen molar-refractivity contribution in [3.8, 4) is 5.75 Å². The van der Waals surface area contributed by atoms with Gasteiger partial charge in [0.25, 0.3) is 12.0 Å². The average molecular weight is 603 g/mol. The van der Waals surface area contributed by atoms with E-state index in [-0.39, 0.29) is 54.7 Å². The second kappa shape index (κ2) is 10.7. The molecule has 0 saturated carbocycles. The Kier molecular flexibility index (Phi) is 7.64. The van der Waals surface area contributed by atoms with Crippen molar-refractivity contribution in [2.75, 3.05) is 46.2 Å². The summed E-state index contributed by atoms with van der Waals surface area (Å²) in [4.78, 5) is 45.0. The molecule has 1 aromatic rings. The molecule has 11 nitrogen and oxygen atoms in total. The number of phenols is 1. The highest BCUT2D eigenvalue weighted by Gasteiger charge is 2.63. The van der Waals surface area contributed by atoms with Crippen LogP contribution in [0.4, 0.5) is 14.5 Å². The van der Waals surface area contributed by atoms with Crippen LogP contribution in [0.15, 0.2) is 40.4 Å². The van der Waals surface area contributed by atoms with E-state index in [4.69, 9.17) is 5.73 Å². The van der Waals surface area contributed by atoms with Crippen LogP contribution in [0.2, 0.25) is 0 Å². The number of hydrogen-bond donors (Lipinski definition) is 5. The number of Topliss-reactive ketones (excluding diaryl/α,β-unsaturated/α-hetero) is 2. The third-order valence-corrected chi connectivity index (χ3v) is 9.38. The molecule has 1 fully saturated rings. The molecule has 4 atom stereocenters. The topological polar surface area (TPSA) is 168 Å². The molecule has 1 aromatic carbocycles. The highest BCUT2D eigenvalue weighted by molar-refractivity contribution is 6.25. The lowest BCUT2D eigenvalue weighted by atomic mass is 9.58. The van der Waals surface area contributed by atoms with Crippen molar-refractivity contribution in [3.63, 3.8) is 0 Å². The molecular weight excluding hydrogens is 566 g/mol. The maximum Gasteiger partial charge on any atom is 0.269 e. The smallest absolute Gasteiger partial charge is 0.269 e. The molecule has 1 heterocycles. The van der Waals surface area contributed by atoms with Gasteiger partial charge in [-0.05, 0) is 62.9 Å². The number of rotatable bonds is 5. The number of hydrogen-bond acceptors (Lipinski definition) is 10. The first-order chi connectivity index (χ1) is 20.1. The Hall–Kier alpha value is -3.81. The summed E-state index contributed by atoms with van der Waals surface area (Å²) in [5.74, 6) is -7.01. The van der Waals surface area contributed by atoms with Crippen LogP contribution in [0.25, 0.3) is 0 Å². The summed E-state index contributed by atoms with van der Waals surface area (Å²) in [6.45, 7) is 0.868. The van der Waals surface area contributed by atoms with Gasteiger partial charge >= 0.3 is 0 Å². The number of piperidine rings is 1. The number of primary amides is 1. The second-order valence-corrected chi connectivity index (χ2v) is 12.3. The molecule has 4 aliphatic rings. The largest absolute Gasteiger partial charge is 0.510 e. The molecular formula is C30H36F2N4O7. The molecule has 3 aliphatic carbocycles. The van der Waals surface area contributed by atoms with Gasteiger partial charge in [-0.15, -0.1) is 0 Å². The summed E-state index contributed by atoms with van der Waals surface area (Å²) in [5.41, 5.74) is 3.16. The fourth-order valence-corrected chi connectivity index (χ4v) is 7.28. The number of fused-ring (bicyclic) bond motifs is 3. The zero-order valence-electron chi connectivity index (χ0n) is 24.4. The van der Waals surface area contributed by atoms with Crippen LogP contribution >= 0.6 is 0 Å². The minimum atomic E-state index is -2.72. The van der Waals surface area contributed by atoms with E-state index in [1.165, 1.54) is 4.90 Å². The van der Waals surface area contributed by atoms with E-state index in [1.54, 1.807) is 39.2 Å². The molecule has 43 heavy (non-hydrogen) atoms. The number of amides is 1. The number of aliphatic hydroxyl groups is 3. The van der Waals surface area contributed by atoms with Gasteiger partial charge in [-0.1, -0.05) is 0 Å². The van der Waals surface area contributed by atoms with Gasteiger partial charge in [-0.3, -0.25) is 24.2 Å². The molecule has 1 aliphatic heterocycles. The Balaban J connectivity index is 1.62. The molecule has 0 bridgehead atoms. The number of benzene rings is 1. The van der Waals surface area contributed by atoms with Crippen LogP contribution in [-0.2, 0) is 22.6 Å². The summed E-state index contributed by atoms with van der Waals surface area (Å²) in [6, 6.07) is 0.691. The zero-order valence-corrected chi connectivity index (χ0v) is 24.4. The zero-order chi connectivity index (χ0) is 31.7. The van der Waals surface area contributed by atoms with E-state index in [0.717, 1.165) is 0 Å². The number of allylic oxidation sites excluding steroid dienone is 1. The maximum absolute atomic E-state index is 14.2. The standard InChI is InChI=1S/C30H36F2N4O7/c1-34(2)18-11-15(12-36-7-5-13(6-8-36)28(31)32)23(37)20-16(18)9-14-10-17-22(35(3)4)25(39)21(29(33)42)27(41)30(17,43)26(40)19(14)24(20)38/h11,14,17,22,37,39-40,43H,5-10,12H2,1-4H3,(H2,33,42)/t14-,17-,22-,30-/m0/s1. The Morgan fingerprint density at radius 3 is 2.28 bits per heavy atom. The van der Waals surface area contributed by atoms with Gasteiger partial charge in [-0.2, -0.15) is 8.78 Å². The molecule has 0 unspecified atom stereocenters. The number of ketones is 2. The van der Waals surface area contributed by atoms with E-state index in [0.29, 0.717) is 29.9 Å². The number of likely N-dealkylation sites (N-methyl/N-ethyl adjacent to an activating group) is 1. The molecule has 0 radical (unpaired) electrons. The highest BCUT2D eigenvalue weighted by Crippen LogP contribution is 2.53. The molecule has 1 amide bonds. The Bertz CT molecular complexity index is 1520. The predicted molar refractivity (Wildman–Crippen MR) is 152 cm³/mol. The number of carbonyl (C=O) groups is 3. The fraction of sp³-hybridized carbons (Fsp3) is 0.500. The fourth-order valence-electron chi connectivity index (χ4n) is 7.28. The van der Waals surface area contributed by atoms with E-state index < -0.39 is 64.1 Å². The van der Waals surface area contributed by atoms with Gasteiger partial charge < -0.3 is 31.1 Å². The van der Waals surface area contributed by atoms with E-state index in [9.17, 15) is 43.6 Å². The first kappa shape index (κ1) is 30.6. The van der Waals surface area contributed by atoms with Crippen molar-refractivity contribution in [3.05, 3.63) is 57.1 Å². The van der Waals surface area contributed by atoms with Crippen LogP contribution in [0.3, 0.4) is 0 Å². The summed E-state index contributed by atoms with van der Waals surface area (Å²) in [6.07, 6.45) is -1.12. The predicted octanol–water partition coefficient (Wildman–Crippen LogP) is 1.93. The first-order valence-electron chi connectivity index (χ1n) is 14.1. The van der Waals surface area contributed by atoms with Gasteiger partial charge in [0.15, 0.2) is 11.4 Å². The van der Waals surface area contributed by atoms with Gasteiger partial charge in [0, 0.05) is 56.5 Å². The molecule has 13 heteroatoms. The molecule has 0 aromatic heterocycles. The third-order valence-electron chi connectivity index (χ3n) is 9.38. The van der Waals surface area contributed by atoms with Crippen molar-refractivity contribution in [1.82, 2.24) is 9.80 Å². The quantitative estimate of drug-likeness (QED) is 0.314. The van der Waals surface area contributed by atoms with Crippen LogP contribution in [0.1, 0.15) is 40.7 Å². The van der Waals surface area contributed by atoms with Crippen LogP contribution < -0.4 is 10.6 Å². The summed E-state index contributed by atoms with van der Waals surface area (Å²) in [5, 5.41) is 45.7. The Morgan fingerprint density at radius 1 is 1.12 bits per heavy atom. The number of nitrogens with two attached hydrogens (primary N) is 1. The van der Waals surface area contributed by atoms with Gasteiger partial charge in [-0.25, -0.2) is 0 Å². The Labute approximate surface area is 247 Å². The summed E-state index contributed by atoms with van der Waals surface area (Å²) < 4.78 is 26.1. The number of likely N-dealkylation sites (tertiary alicyclic amines) is 1. The van der Waals surface area contributed by atoms with E-state index >= 15 is 0 Å². The number of carbonyl (C=O) groups excluding carboxylic acids is 3. The van der Waals surface area contributed by atoms with Crippen LogP contribution in [0.5, 0.6) is 5.75 Å². The lowest BCUT2D eigenvalue weighted by Gasteiger charge is -2.50. The minimum absolute atomic E-state index is 0.00406. The highest BCUT2D eigenvalue weighted by atomic mass is 19.3. The number of halogens is 2. The molecule has 232 valence electrons. The number of nitrogens with zero attached hydrogens (tertiary/aromatic N) is 3. The summed E-state index contributed by atoms with van der Waals surface area (Å²) >= 11 is 0. The lowest BCUT2D eigenvalue weighted by molar-refractivity contribution is -0.148. The van der Waals surface area contributed by atoms with Crippen LogP contribution in [-0.4, -0.2) is 101 Å². The summed E-state index contributed by atoms with van der Waals surface area (Å²) in [7, 11) is 6.71. The third kappa shape index (κ3) is 4.61. The second-order valence-electron chi connectivity index (χ2n) is 12.3. The van der Waals surface area contributed by atoms with Crippen molar-refractivity contribution in [1.29, 1.82) is 0 Å². The van der Waals surface area contributed by atoms with Crippen molar-refractivity contribution in [2.24, 2.45) is 17.6 Å². The minimum Gasteiger partial charge on any atom is -0.510 e. The number of aromatic hydroxyl groups is 1. The van der Waals surface area contributed by atoms with E-state index in [1.807, 2.05) is 4.90 Å². The normalized spacial score (nSPS) is 27.7. The number of phenolic OH excluding ortho intramolecular Hbond substituents is 1. The number of anilines is 1. The average Bonchev–Trinajstić information content (AvgIpc) is 2.92. The van der Waals surface area contributed by atoms with Gasteiger partial charge in [0.2, 0.25) is 5.78 Å². The van der Waals surface area contributed by atoms with E-state index in [2.05, 4.69) is 0 Å². The lowest BCUT2D eigenvalue weighted by Crippen LogP contribution is -2.63. The van der Waals surface area contributed by atoms with Crippen LogP contribution in [0, 0.1) is 11.8 Å². The van der Waals surface area contributed by atoms with Crippen molar-refractivity contribution < 1.29 is 43.6 Å². The molecule has 1 saturated heterocycles. The maximum atomic E-state index is 14.2. The SMILES string of the molecule is CN(C)c1cc(CN2CCC(=C(F)F)CC2)c(O)c2c1C[C@H]1C[C@H]3[C@H](N(C)C)C(O)=C(C(N)=O)C(=O)[C@@]3(O)C(O)=C1C2=O. The molecule has 0 spiro atoms. The first-order valence-corrected chi connectivity index (χ1v) is 14.1. The monoisotopic (exact) mass is 602 g/mol. The van der Waals surface area contributed by atoms with Crippen molar-refractivity contribution >= 4 is 23.2 Å². The molecule has 6 N–H and O–H groups in total.